The van der Waals surface area contributed by atoms with Crippen LogP contribution in [-0.2, 0) is 14.8 Å². The summed E-state index contributed by atoms with van der Waals surface area (Å²) in [7, 11) is -3.65. The van der Waals surface area contributed by atoms with Crippen LogP contribution in [0.3, 0.4) is 0 Å². The van der Waals surface area contributed by atoms with Gasteiger partial charge in [-0.15, -0.1) is 0 Å². The summed E-state index contributed by atoms with van der Waals surface area (Å²) in [5, 5.41) is 0.830. The van der Waals surface area contributed by atoms with Crippen molar-refractivity contribution in [3.05, 3.63) is 36.0 Å². The Balaban J connectivity index is 1.27. The van der Waals surface area contributed by atoms with Gasteiger partial charge in [0, 0.05) is 44.2 Å². The lowest BCUT2D eigenvalue weighted by atomic mass is 9.93. The Kier molecular flexibility index (Phi) is 5.06. The number of carbonyl (C=O) groups is 1. The van der Waals surface area contributed by atoms with Gasteiger partial charge in [-0.1, -0.05) is 12.1 Å². The molecule has 1 aromatic heterocycles. The molecule has 160 valence electrons. The summed E-state index contributed by atoms with van der Waals surface area (Å²) in [6, 6.07) is 7.24. The number of rotatable bonds is 6. The third-order valence-corrected chi connectivity index (χ3v) is 8.82. The van der Waals surface area contributed by atoms with Gasteiger partial charge in [-0.2, -0.15) is 4.31 Å². The summed E-state index contributed by atoms with van der Waals surface area (Å²) in [5.74, 6) is 2.28. The summed E-state index contributed by atoms with van der Waals surface area (Å²) in [6.45, 7) is 3.57. The SMILES string of the molecule is Cc1cnc2c(S(=O)(=O)N3CCN(C(=O)CC(C4CC4)C4CC4)CC3)cccc2c1. The van der Waals surface area contributed by atoms with Gasteiger partial charge in [0.15, 0.2) is 0 Å². The highest BCUT2D eigenvalue weighted by Gasteiger charge is 2.43. The molecular formula is C23H29N3O3S. The molecule has 2 saturated carbocycles. The first-order valence-corrected chi connectivity index (χ1v) is 12.5. The van der Waals surface area contributed by atoms with Crippen LogP contribution in [0, 0.1) is 24.7 Å². The van der Waals surface area contributed by atoms with Crippen molar-refractivity contribution in [3.8, 4) is 0 Å². The lowest BCUT2D eigenvalue weighted by Crippen LogP contribution is -2.50. The second kappa shape index (κ2) is 7.61. The van der Waals surface area contributed by atoms with Gasteiger partial charge in [0.1, 0.15) is 4.90 Å². The van der Waals surface area contributed by atoms with Gasteiger partial charge in [-0.05, 0) is 68.1 Å². The number of hydrogen-bond acceptors (Lipinski definition) is 4. The molecule has 1 amide bonds. The molecule has 0 atom stereocenters. The second-order valence-electron chi connectivity index (χ2n) is 9.17. The van der Waals surface area contributed by atoms with Gasteiger partial charge in [0.05, 0.1) is 5.52 Å². The van der Waals surface area contributed by atoms with E-state index >= 15 is 0 Å². The minimum Gasteiger partial charge on any atom is -0.340 e. The molecule has 2 heterocycles. The molecule has 1 aliphatic heterocycles. The lowest BCUT2D eigenvalue weighted by Gasteiger charge is -2.35. The summed E-state index contributed by atoms with van der Waals surface area (Å²) in [4.78, 5) is 19.4. The minimum absolute atomic E-state index is 0.207. The number of benzene rings is 1. The van der Waals surface area contributed by atoms with E-state index in [1.807, 2.05) is 24.0 Å². The molecule has 1 saturated heterocycles. The van der Waals surface area contributed by atoms with E-state index in [-0.39, 0.29) is 10.8 Å². The van der Waals surface area contributed by atoms with E-state index in [1.54, 1.807) is 18.3 Å². The Morgan fingerprint density at radius 3 is 2.40 bits per heavy atom. The first-order valence-electron chi connectivity index (χ1n) is 11.1. The van der Waals surface area contributed by atoms with Crippen molar-refractivity contribution < 1.29 is 13.2 Å². The highest BCUT2D eigenvalue weighted by atomic mass is 32.2. The smallest absolute Gasteiger partial charge is 0.245 e. The van der Waals surface area contributed by atoms with Gasteiger partial charge in [0.2, 0.25) is 15.9 Å². The summed E-state index contributed by atoms with van der Waals surface area (Å²) in [5.41, 5.74) is 1.51. The molecule has 3 aliphatic rings. The van der Waals surface area contributed by atoms with Gasteiger partial charge < -0.3 is 4.90 Å². The third-order valence-electron chi connectivity index (χ3n) is 6.89. The maximum Gasteiger partial charge on any atom is 0.245 e. The molecule has 6 nitrogen and oxygen atoms in total. The molecule has 0 radical (unpaired) electrons. The number of hydrogen-bond donors (Lipinski definition) is 0. The number of para-hydroxylation sites is 1. The quantitative estimate of drug-likeness (QED) is 0.710. The summed E-state index contributed by atoms with van der Waals surface area (Å²) in [6.07, 6.45) is 7.46. The highest BCUT2D eigenvalue weighted by molar-refractivity contribution is 7.89. The normalized spacial score (nSPS) is 20.8. The maximum absolute atomic E-state index is 13.3. The van der Waals surface area contributed by atoms with Crippen LogP contribution in [0.4, 0.5) is 0 Å². The number of piperazine rings is 1. The van der Waals surface area contributed by atoms with Crippen LogP contribution in [0.1, 0.15) is 37.7 Å². The Hall–Kier alpha value is -1.99. The maximum atomic E-state index is 13.3. The molecule has 1 aromatic carbocycles. The van der Waals surface area contributed by atoms with Crippen molar-refractivity contribution >= 4 is 26.8 Å². The molecular weight excluding hydrogens is 398 g/mol. The van der Waals surface area contributed by atoms with Gasteiger partial charge in [-0.3, -0.25) is 9.78 Å². The largest absolute Gasteiger partial charge is 0.340 e. The van der Waals surface area contributed by atoms with Gasteiger partial charge in [-0.25, -0.2) is 8.42 Å². The van der Waals surface area contributed by atoms with Crippen molar-refractivity contribution in [1.82, 2.24) is 14.2 Å². The van der Waals surface area contributed by atoms with E-state index in [9.17, 15) is 13.2 Å². The van der Waals surface area contributed by atoms with Crippen molar-refractivity contribution in [3.63, 3.8) is 0 Å². The number of sulfonamides is 1. The average molecular weight is 428 g/mol. The van der Waals surface area contributed by atoms with E-state index < -0.39 is 10.0 Å². The monoisotopic (exact) mass is 427 g/mol. The van der Waals surface area contributed by atoms with Crippen LogP contribution in [-0.4, -0.2) is 54.7 Å². The second-order valence-corrected chi connectivity index (χ2v) is 11.1. The Labute approximate surface area is 178 Å². The van der Waals surface area contributed by atoms with E-state index in [1.165, 1.54) is 30.0 Å². The number of aromatic nitrogens is 1. The Morgan fingerprint density at radius 1 is 1.10 bits per heavy atom. The summed E-state index contributed by atoms with van der Waals surface area (Å²) >= 11 is 0. The van der Waals surface area contributed by atoms with E-state index in [4.69, 9.17) is 0 Å². The van der Waals surface area contributed by atoms with Crippen molar-refractivity contribution in [2.24, 2.45) is 17.8 Å². The molecule has 0 bridgehead atoms. The van der Waals surface area contributed by atoms with E-state index in [2.05, 4.69) is 4.98 Å². The molecule has 0 unspecified atom stereocenters. The molecule has 2 aliphatic carbocycles. The van der Waals surface area contributed by atoms with Crippen LogP contribution >= 0.6 is 0 Å². The van der Waals surface area contributed by atoms with Gasteiger partial charge in [0.25, 0.3) is 0 Å². The van der Waals surface area contributed by atoms with Crippen LogP contribution in [0.2, 0.25) is 0 Å². The first kappa shape index (κ1) is 19.9. The molecule has 0 spiro atoms. The predicted molar refractivity (Wildman–Crippen MR) is 115 cm³/mol. The van der Waals surface area contributed by atoms with Crippen LogP contribution < -0.4 is 0 Å². The number of amides is 1. The number of aryl methyl sites for hydroxylation is 1. The molecule has 30 heavy (non-hydrogen) atoms. The molecule has 0 N–H and O–H groups in total. The molecule has 3 fully saturated rings. The Bertz CT molecular complexity index is 1060. The molecule has 2 aromatic rings. The lowest BCUT2D eigenvalue weighted by molar-refractivity contribution is -0.133. The summed E-state index contributed by atoms with van der Waals surface area (Å²) < 4.78 is 28.1. The van der Waals surface area contributed by atoms with Gasteiger partial charge >= 0.3 is 0 Å². The molecule has 7 heteroatoms. The number of carbonyl (C=O) groups excluding carboxylic acids is 1. The highest BCUT2D eigenvalue weighted by Crippen LogP contribution is 2.50. The van der Waals surface area contributed by atoms with E-state index in [0.717, 1.165) is 22.8 Å². The zero-order valence-electron chi connectivity index (χ0n) is 17.5. The number of fused-ring (bicyclic) bond motifs is 1. The molecule has 5 rings (SSSR count). The van der Waals surface area contributed by atoms with Crippen molar-refractivity contribution in [2.45, 2.75) is 43.9 Å². The number of nitrogens with zero attached hydrogens (tertiary/aromatic N) is 3. The topological polar surface area (TPSA) is 70.6 Å². The fourth-order valence-corrected chi connectivity index (χ4v) is 6.45. The zero-order valence-corrected chi connectivity index (χ0v) is 18.3. The predicted octanol–water partition coefficient (Wildman–Crippen LogP) is 3.20. The van der Waals surface area contributed by atoms with Crippen molar-refractivity contribution in [1.29, 1.82) is 0 Å². The Morgan fingerprint density at radius 2 is 1.77 bits per heavy atom. The van der Waals surface area contributed by atoms with Crippen LogP contribution in [0.25, 0.3) is 10.9 Å². The standard InChI is InChI=1S/C23H29N3O3S/c1-16-13-19-3-2-4-21(23(19)24-15-16)30(28,29)26-11-9-25(10-12-26)22(27)14-20(17-5-6-17)18-7-8-18/h2-4,13,15,17-18,20H,5-12,14H2,1H3. The zero-order chi connectivity index (χ0) is 20.9. The van der Waals surface area contributed by atoms with E-state index in [0.29, 0.717) is 44.0 Å². The number of pyridine rings is 1. The average Bonchev–Trinajstić information content (AvgIpc) is 3.64. The van der Waals surface area contributed by atoms with Crippen LogP contribution in [0.15, 0.2) is 35.4 Å². The minimum atomic E-state index is -3.65. The van der Waals surface area contributed by atoms with Crippen molar-refractivity contribution in [2.75, 3.05) is 26.2 Å². The fraction of sp³-hybridized carbons (Fsp3) is 0.565. The third kappa shape index (κ3) is 3.85. The fourth-order valence-electron chi connectivity index (χ4n) is 4.87. The first-order chi connectivity index (χ1) is 14.4. The van der Waals surface area contributed by atoms with Crippen LogP contribution in [0.5, 0.6) is 0 Å².